The lowest BCUT2D eigenvalue weighted by molar-refractivity contribution is -0.400. The average Bonchev–Trinajstić information content (AvgIpc) is 2.10. The lowest BCUT2D eigenvalue weighted by Gasteiger charge is -2.00. The molecular formula is C8H5Cl2NO3. The first-order valence-corrected chi connectivity index (χ1v) is 4.26. The molecule has 0 fully saturated rings. The van der Waals surface area contributed by atoms with Crippen molar-refractivity contribution in [2.24, 2.45) is 0 Å². The summed E-state index contributed by atoms with van der Waals surface area (Å²) in [6, 6.07) is 2.76. The molecule has 0 aromatic heterocycles. The summed E-state index contributed by atoms with van der Waals surface area (Å²) >= 11 is 11.2. The summed E-state index contributed by atoms with van der Waals surface area (Å²) in [7, 11) is 0. The molecule has 0 heterocycles. The van der Waals surface area contributed by atoms with Crippen LogP contribution in [0.3, 0.4) is 0 Å². The molecule has 0 unspecified atom stereocenters. The van der Waals surface area contributed by atoms with E-state index in [1.165, 1.54) is 18.2 Å². The number of phenolic OH excluding ortho intramolecular Hbond substituents is 1. The SMILES string of the molecule is O=[N+]([O-])/C=C/c1cc(Cl)c(O)c(Cl)c1. The maximum absolute atomic E-state index is 10.0. The lowest BCUT2D eigenvalue weighted by atomic mass is 10.2. The fourth-order valence-electron chi connectivity index (χ4n) is 0.828. The summed E-state index contributed by atoms with van der Waals surface area (Å²) in [4.78, 5) is 9.41. The number of rotatable bonds is 2. The first kappa shape index (κ1) is 10.8. The molecule has 6 heteroatoms. The Labute approximate surface area is 89.5 Å². The van der Waals surface area contributed by atoms with Gasteiger partial charge in [0.25, 0.3) is 0 Å². The zero-order valence-electron chi connectivity index (χ0n) is 6.78. The summed E-state index contributed by atoms with van der Waals surface area (Å²) in [6.45, 7) is 0. The van der Waals surface area contributed by atoms with Crippen LogP contribution in [0.1, 0.15) is 5.56 Å². The van der Waals surface area contributed by atoms with Gasteiger partial charge < -0.3 is 5.11 Å². The van der Waals surface area contributed by atoms with Gasteiger partial charge in [-0.1, -0.05) is 23.2 Å². The molecule has 14 heavy (non-hydrogen) atoms. The van der Waals surface area contributed by atoms with Crippen molar-refractivity contribution in [3.8, 4) is 5.75 Å². The molecule has 1 aromatic rings. The van der Waals surface area contributed by atoms with E-state index in [9.17, 15) is 15.2 Å². The number of hydrogen-bond acceptors (Lipinski definition) is 3. The third-order valence-electron chi connectivity index (χ3n) is 1.43. The minimum atomic E-state index is -0.603. The highest BCUT2D eigenvalue weighted by atomic mass is 35.5. The third kappa shape index (κ3) is 2.61. The highest BCUT2D eigenvalue weighted by Crippen LogP contribution is 2.32. The van der Waals surface area contributed by atoms with Gasteiger partial charge in [-0.05, 0) is 17.7 Å². The molecule has 1 N–H and O–H groups in total. The maximum Gasteiger partial charge on any atom is 0.235 e. The quantitative estimate of drug-likeness (QED) is 0.631. The molecule has 0 spiro atoms. The van der Waals surface area contributed by atoms with E-state index in [2.05, 4.69) is 0 Å². The minimum absolute atomic E-state index is 0.0560. The molecule has 0 amide bonds. The monoisotopic (exact) mass is 233 g/mol. The first-order chi connectivity index (χ1) is 6.50. The largest absolute Gasteiger partial charge is 0.505 e. The van der Waals surface area contributed by atoms with Crippen LogP contribution in [-0.4, -0.2) is 10.0 Å². The Morgan fingerprint density at radius 2 is 1.86 bits per heavy atom. The Balaban J connectivity index is 3.07. The number of phenols is 1. The Hall–Kier alpha value is -1.26. The van der Waals surface area contributed by atoms with Crippen LogP contribution in [0.15, 0.2) is 18.3 Å². The number of halogens is 2. The van der Waals surface area contributed by atoms with E-state index in [-0.39, 0.29) is 15.8 Å². The lowest BCUT2D eigenvalue weighted by Crippen LogP contribution is -1.83. The van der Waals surface area contributed by atoms with E-state index < -0.39 is 4.92 Å². The summed E-state index contributed by atoms with van der Waals surface area (Å²) in [5.41, 5.74) is 0.453. The minimum Gasteiger partial charge on any atom is -0.505 e. The normalized spacial score (nSPS) is 10.7. The zero-order valence-corrected chi connectivity index (χ0v) is 8.29. The van der Waals surface area contributed by atoms with Crippen molar-refractivity contribution in [2.45, 2.75) is 0 Å². The van der Waals surface area contributed by atoms with E-state index in [1.54, 1.807) is 0 Å². The predicted molar refractivity (Wildman–Crippen MR) is 54.2 cm³/mol. The predicted octanol–water partition coefficient (Wildman–Crippen LogP) is 2.95. The van der Waals surface area contributed by atoms with Crippen LogP contribution in [0.25, 0.3) is 6.08 Å². The molecule has 0 atom stereocenters. The first-order valence-electron chi connectivity index (χ1n) is 3.50. The smallest absolute Gasteiger partial charge is 0.235 e. The van der Waals surface area contributed by atoms with Crippen LogP contribution in [0.4, 0.5) is 0 Å². The average molecular weight is 234 g/mol. The van der Waals surface area contributed by atoms with E-state index in [0.717, 1.165) is 6.20 Å². The van der Waals surface area contributed by atoms with Gasteiger partial charge in [-0.2, -0.15) is 0 Å². The number of benzene rings is 1. The summed E-state index contributed by atoms with van der Waals surface area (Å²) in [6.07, 6.45) is 2.00. The number of hydrogen-bond donors (Lipinski definition) is 1. The van der Waals surface area contributed by atoms with Gasteiger partial charge in [0.05, 0.1) is 15.0 Å². The zero-order chi connectivity index (χ0) is 10.7. The van der Waals surface area contributed by atoms with E-state index in [0.29, 0.717) is 5.56 Å². The van der Waals surface area contributed by atoms with Crippen LogP contribution >= 0.6 is 23.2 Å². The molecule has 1 rings (SSSR count). The molecule has 0 aliphatic rings. The molecule has 0 aliphatic heterocycles. The molecular weight excluding hydrogens is 229 g/mol. The molecule has 4 nitrogen and oxygen atoms in total. The Morgan fingerprint density at radius 1 is 1.36 bits per heavy atom. The van der Waals surface area contributed by atoms with Crippen molar-refractivity contribution in [2.75, 3.05) is 0 Å². The molecule has 0 bridgehead atoms. The third-order valence-corrected chi connectivity index (χ3v) is 2.00. The summed E-state index contributed by atoms with van der Waals surface area (Å²) < 4.78 is 0. The van der Waals surface area contributed by atoms with Gasteiger partial charge in [0.1, 0.15) is 0 Å². The second-order valence-corrected chi connectivity index (χ2v) is 3.25. The van der Waals surface area contributed by atoms with Gasteiger partial charge in [0.2, 0.25) is 6.20 Å². The molecule has 0 saturated heterocycles. The van der Waals surface area contributed by atoms with E-state index in [4.69, 9.17) is 23.2 Å². The summed E-state index contributed by atoms with van der Waals surface area (Å²) in [5, 5.41) is 19.3. The molecule has 0 saturated carbocycles. The van der Waals surface area contributed by atoms with E-state index >= 15 is 0 Å². The van der Waals surface area contributed by atoms with Crippen LogP contribution in [-0.2, 0) is 0 Å². The second kappa shape index (κ2) is 4.30. The number of nitrogens with zero attached hydrogens (tertiary/aromatic N) is 1. The Kier molecular flexibility index (Phi) is 3.33. The van der Waals surface area contributed by atoms with Crippen molar-refractivity contribution in [1.29, 1.82) is 0 Å². The van der Waals surface area contributed by atoms with Crippen LogP contribution in [0.2, 0.25) is 10.0 Å². The van der Waals surface area contributed by atoms with Crippen molar-refractivity contribution < 1.29 is 10.0 Å². The van der Waals surface area contributed by atoms with Gasteiger partial charge in [-0.3, -0.25) is 10.1 Å². The van der Waals surface area contributed by atoms with Crippen LogP contribution < -0.4 is 0 Å². The van der Waals surface area contributed by atoms with Crippen LogP contribution in [0, 0.1) is 10.1 Å². The summed E-state index contributed by atoms with van der Waals surface area (Å²) in [5.74, 6) is -0.230. The fraction of sp³-hybridized carbons (Fsp3) is 0. The number of nitro groups is 1. The van der Waals surface area contributed by atoms with Crippen molar-refractivity contribution in [3.05, 3.63) is 44.1 Å². The van der Waals surface area contributed by atoms with E-state index in [1.807, 2.05) is 0 Å². The molecule has 74 valence electrons. The molecule has 1 aromatic carbocycles. The van der Waals surface area contributed by atoms with Crippen molar-refractivity contribution >= 4 is 29.3 Å². The molecule has 0 radical (unpaired) electrons. The van der Waals surface area contributed by atoms with Gasteiger partial charge >= 0.3 is 0 Å². The highest BCUT2D eigenvalue weighted by molar-refractivity contribution is 6.37. The van der Waals surface area contributed by atoms with Crippen molar-refractivity contribution in [3.63, 3.8) is 0 Å². The van der Waals surface area contributed by atoms with Crippen LogP contribution in [0.5, 0.6) is 5.75 Å². The molecule has 0 aliphatic carbocycles. The van der Waals surface area contributed by atoms with Gasteiger partial charge in [0.15, 0.2) is 5.75 Å². The number of aromatic hydroxyl groups is 1. The van der Waals surface area contributed by atoms with Gasteiger partial charge in [-0.15, -0.1) is 0 Å². The van der Waals surface area contributed by atoms with Crippen molar-refractivity contribution in [1.82, 2.24) is 0 Å². The maximum atomic E-state index is 10.0. The Bertz CT molecular complexity index is 381. The van der Waals surface area contributed by atoms with Gasteiger partial charge in [0, 0.05) is 6.08 Å². The van der Waals surface area contributed by atoms with Gasteiger partial charge in [-0.25, -0.2) is 0 Å². The Morgan fingerprint density at radius 3 is 2.29 bits per heavy atom. The topological polar surface area (TPSA) is 63.4 Å². The highest BCUT2D eigenvalue weighted by Gasteiger charge is 2.05. The second-order valence-electron chi connectivity index (χ2n) is 2.43. The fourth-order valence-corrected chi connectivity index (χ4v) is 1.33. The standard InChI is InChI=1S/C8H5Cl2NO3/c9-6-3-5(1-2-11(13)14)4-7(10)8(6)12/h1-4,12H/b2-1+.